The summed E-state index contributed by atoms with van der Waals surface area (Å²) in [5.41, 5.74) is 4.83. The van der Waals surface area contributed by atoms with Crippen LogP contribution in [0.5, 0.6) is 0 Å². The van der Waals surface area contributed by atoms with Gasteiger partial charge in [0.15, 0.2) is 0 Å². The average molecular weight is 377 g/mol. The number of hydrogen-bond acceptors (Lipinski definition) is 2. The van der Waals surface area contributed by atoms with Crippen molar-refractivity contribution in [3.8, 4) is 0 Å². The number of benzene rings is 3. The molecule has 0 bridgehead atoms. The fraction of sp³-hybridized carbons (Fsp3) is 0. The Bertz CT molecular complexity index is 1140. The van der Waals surface area contributed by atoms with Gasteiger partial charge < -0.3 is 0 Å². The van der Waals surface area contributed by atoms with Crippen molar-refractivity contribution in [1.29, 1.82) is 0 Å². The molecule has 3 nitrogen and oxygen atoms in total. The Morgan fingerprint density at radius 2 is 1.28 bits per heavy atom. The minimum Gasteiger partial charge on any atom is -0.268 e. The van der Waals surface area contributed by atoms with Crippen molar-refractivity contribution in [3.05, 3.63) is 113 Å². The SMILES string of the molecule is C=Cc1ccc(N2C(=O)c3ccccc3C2=O)c(C=Cc2ccccc2)c1C=C. The Labute approximate surface area is 169 Å². The van der Waals surface area contributed by atoms with Crippen LogP contribution in [-0.2, 0) is 0 Å². The monoisotopic (exact) mass is 377 g/mol. The fourth-order valence-electron chi connectivity index (χ4n) is 3.57. The van der Waals surface area contributed by atoms with Crippen LogP contribution in [0, 0.1) is 0 Å². The van der Waals surface area contributed by atoms with Gasteiger partial charge in [-0.2, -0.15) is 0 Å². The predicted molar refractivity (Wildman–Crippen MR) is 120 cm³/mol. The van der Waals surface area contributed by atoms with Gasteiger partial charge in [0, 0.05) is 5.56 Å². The molecule has 2 amide bonds. The summed E-state index contributed by atoms with van der Waals surface area (Å²) >= 11 is 0. The second-order valence-corrected chi connectivity index (χ2v) is 6.64. The largest absolute Gasteiger partial charge is 0.268 e. The summed E-state index contributed by atoms with van der Waals surface area (Å²) in [6, 6.07) is 20.4. The number of anilines is 1. The van der Waals surface area contributed by atoms with Gasteiger partial charge >= 0.3 is 0 Å². The van der Waals surface area contributed by atoms with Crippen molar-refractivity contribution in [2.45, 2.75) is 0 Å². The zero-order valence-corrected chi connectivity index (χ0v) is 15.8. The molecule has 0 N–H and O–H groups in total. The van der Waals surface area contributed by atoms with Gasteiger partial charge in [-0.05, 0) is 34.9 Å². The molecule has 140 valence electrons. The molecule has 0 unspecified atom stereocenters. The maximum Gasteiger partial charge on any atom is 0.266 e. The molecule has 29 heavy (non-hydrogen) atoms. The third kappa shape index (κ3) is 3.13. The van der Waals surface area contributed by atoms with Gasteiger partial charge in [-0.25, -0.2) is 4.90 Å². The highest BCUT2D eigenvalue weighted by Crippen LogP contribution is 2.35. The lowest BCUT2D eigenvalue weighted by Crippen LogP contribution is -2.30. The summed E-state index contributed by atoms with van der Waals surface area (Å²) in [6.07, 6.45) is 7.33. The first-order chi connectivity index (χ1) is 14.2. The van der Waals surface area contributed by atoms with Crippen molar-refractivity contribution in [1.82, 2.24) is 0 Å². The predicted octanol–water partition coefficient (Wildman–Crippen LogP) is 5.94. The van der Waals surface area contributed by atoms with E-state index < -0.39 is 0 Å². The van der Waals surface area contributed by atoms with Gasteiger partial charge in [-0.15, -0.1) is 0 Å². The third-order valence-corrected chi connectivity index (χ3v) is 5.00. The number of carbonyl (C=O) groups is 2. The number of rotatable bonds is 5. The van der Waals surface area contributed by atoms with Gasteiger partial charge in [0.05, 0.1) is 16.8 Å². The van der Waals surface area contributed by atoms with E-state index in [0.29, 0.717) is 16.8 Å². The van der Waals surface area contributed by atoms with Crippen molar-refractivity contribution >= 4 is 41.8 Å². The maximum atomic E-state index is 13.0. The summed E-state index contributed by atoms with van der Waals surface area (Å²) in [4.78, 5) is 27.3. The van der Waals surface area contributed by atoms with E-state index in [4.69, 9.17) is 0 Å². The summed E-state index contributed by atoms with van der Waals surface area (Å²) in [5, 5.41) is 0. The quantitative estimate of drug-likeness (QED) is 0.407. The first-order valence-corrected chi connectivity index (χ1v) is 9.28. The molecule has 1 heterocycles. The van der Waals surface area contributed by atoms with Crippen molar-refractivity contribution in [2.24, 2.45) is 0 Å². The van der Waals surface area contributed by atoms with Crippen LogP contribution in [0.2, 0.25) is 0 Å². The number of hydrogen-bond donors (Lipinski definition) is 0. The van der Waals surface area contributed by atoms with Crippen molar-refractivity contribution in [2.75, 3.05) is 4.90 Å². The molecular formula is C26H19NO2. The Kier molecular flexibility index (Phi) is 4.80. The summed E-state index contributed by atoms with van der Waals surface area (Å²) in [7, 11) is 0. The van der Waals surface area contributed by atoms with Crippen LogP contribution in [0.25, 0.3) is 24.3 Å². The molecule has 0 saturated carbocycles. The molecule has 1 aliphatic rings. The van der Waals surface area contributed by atoms with Gasteiger partial charge in [0.2, 0.25) is 0 Å². The smallest absolute Gasteiger partial charge is 0.266 e. The molecule has 0 aromatic heterocycles. The molecule has 0 saturated heterocycles. The van der Waals surface area contributed by atoms with E-state index in [9.17, 15) is 9.59 Å². The van der Waals surface area contributed by atoms with Crippen molar-refractivity contribution in [3.63, 3.8) is 0 Å². The zero-order valence-electron chi connectivity index (χ0n) is 15.8. The standard InChI is InChI=1S/C26H19NO2/c1-3-19-15-17-24(27-25(28)22-12-8-9-13-23(22)26(27)29)21(20(19)4-2)16-14-18-10-6-5-7-11-18/h3-17H,1-2H2. The minimum absolute atomic E-state index is 0.318. The molecule has 0 atom stereocenters. The summed E-state index contributed by atoms with van der Waals surface area (Å²) in [5.74, 6) is -0.636. The van der Waals surface area contributed by atoms with E-state index in [0.717, 1.165) is 22.3 Å². The number of fused-ring (bicyclic) bond motifs is 1. The minimum atomic E-state index is -0.318. The number of imide groups is 1. The van der Waals surface area contributed by atoms with Gasteiger partial charge in [-0.3, -0.25) is 9.59 Å². The lowest BCUT2D eigenvalue weighted by molar-refractivity contribution is 0.0926. The first-order valence-electron chi connectivity index (χ1n) is 9.28. The van der Waals surface area contributed by atoms with E-state index in [2.05, 4.69) is 13.2 Å². The van der Waals surface area contributed by atoms with Crippen LogP contribution in [0.15, 0.2) is 79.9 Å². The molecule has 1 aliphatic heterocycles. The second kappa shape index (κ2) is 7.56. The molecule has 0 radical (unpaired) electrons. The van der Waals surface area contributed by atoms with Gasteiger partial charge in [-0.1, -0.05) is 86.0 Å². The zero-order chi connectivity index (χ0) is 20.4. The van der Waals surface area contributed by atoms with Crippen LogP contribution < -0.4 is 4.90 Å². The van der Waals surface area contributed by atoms with Gasteiger partial charge in [0.1, 0.15) is 0 Å². The average Bonchev–Trinajstić information content (AvgIpc) is 3.02. The summed E-state index contributed by atoms with van der Waals surface area (Å²) in [6.45, 7) is 7.80. The Morgan fingerprint density at radius 3 is 1.86 bits per heavy atom. The molecule has 3 aromatic carbocycles. The lowest BCUT2D eigenvalue weighted by Gasteiger charge is -2.20. The molecular weight excluding hydrogens is 358 g/mol. The normalized spacial score (nSPS) is 13.0. The van der Waals surface area contributed by atoms with Crippen molar-refractivity contribution < 1.29 is 9.59 Å². The molecule has 0 spiro atoms. The van der Waals surface area contributed by atoms with E-state index in [1.807, 2.05) is 48.6 Å². The first kappa shape index (κ1) is 18.4. The number of carbonyl (C=O) groups excluding carboxylic acids is 2. The molecule has 3 aromatic rings. The van der Waals surface area contributed by atoms with E-state index in [1.165, 1.54) is 4.90 Å². The topological polar surface area (TPSA) is 37.4 Å². The van der Waals surface area contributed by atoms with Crippen LogP contribution in [0.1, 0.15) is 43.0 Å². The van der Waals surface area contributed by atoms with E-state index in [-0.39, 0.29) is 11.8 Å². The Morgan fingerprint density at radius 1 is 0.655 bits per heavy atom. The van der Waals surface area contributed by atoms with Crippen LogP contribution in [0.4, 0.5) is 5.69 Å². The third-order valence-electron chi connectivity index (χ3n) is 5.00. The lowest BCUT2D eigenvalue weighted by atomic mass is 9.97. The molecule has 4 rings (SSSR count). The maximum absolute atomic E-state index is 13.0. The molecule has 0 fully saturated rings. The molecule has 0 aliphatic carbocycles. The fourth-order valence-corrected chi connectivity index (χ4v) is 3.57. The Balaban J connectivity index is 1.89. The second-order valence-electron chi connectivity index (χ2n) is 6.64. The Hall–Kier alpha value is -3.98. The number of nitrogens with zero attached hydrogens (tertiary/aromatic N) is 1. The summed E-state index contributed by atoms with van der Waals surface area (Å²) < 4.78 is 0. The van der Waals surface area contributed by atoms with Crippen LogP contribution >= 0.6 is 0 Å². The molecule has 3 heteroatoms. The number of amides is 2. The van der Waals surface area contributed by atoms with Crippen LogP contribution in [0.3, 0.4) is 0 Å². The highest BCUT2D eigenvalue weighted by molar-refractivity contribution is 6.35. The van der Waals surface area contributed by atoms with E-state index >= 15 is 0 Å². The van der Waals surface area contributed by atoms with E-state index in [1.54, 1.807) is 42.5 Å². The van der Waals surface area contributed by atoms with Gasteiger partial charge in [0.25, 0.3) is 11.8 Å². The van der Waals surface area contributed by atoms with Crippen LogP contribution in [-0.4, -0.2) is 11.8 Å². The highest BCUT2D eigenvalue weighted by Gasteiger charge is 2.37. The highest BCUT2D eigenvalue weighted by atomic mass is 16.2.